The van der Waals surface area contributed by atoms with Crippen molar-refractivity contribution in [3.63, 3.8) is 0 Å². The fraction of sp³-hybridized carbons (Fsp3) is 0.0769. The molecular weight excluding hydrogens is 382 g/mol. The van der Waals surface area contributed by atoms with Crippen molar-refractivity contribution in [2.24, 2.45) is 5.10 Å². The first-order valence-corrected chi connectivity index (χ1v) is 7.54. The third-order valence-corrected chi connectivity index (χ3v) is 3.71. The first kappa shape index (κ1) is 17.9. The first-order valence-electron chi connectivity index (χ1n) is 7.16. The van der Waals surface area contributed by atoms with Crippen LogP contribution in [0.2, 0.25) is 5.02 Å². The summed E-state index contributed by atoms with van der Waals surface area (Å²) in [5, 5.41) is 29.3. The molecule has 1 aromatic carbocycles. The molecule has 0 saturated heterocycles. The molecule has 0 aliphatic rings. The van der Waals surface area contributed by atoms with E-state index in [0.717, 1.165) is 0 Å². The van der Waals surface area contributed by atoms with Gasteiger partial charge in [-0.15, -0.1) is 5.10 Å². The van der Waals surface area contributed by atoms with E-state index < -0.39 is 10.8 Å². The van der Waals surface area contributed by atoms with Gasteiger partial charge < -0.3 is 5.73 Å². The second kappa shape index (κ2) is 7.17. The highest BCUT2D eigenvalue weighted by Crippen LogP contribution is 2.20. The van der Waals surface area contributed by atoms with Gasteiger partial charge in [-0.3, -0.25) is 14.9 Å². The Morgan fingerprint density at radius 1 is 1.48 bits per heavy atom. The van der Waals surface area contributed by atoms with Gasteiger partial charge in [0, 0.05) is 22.7 Å². The van der Waals surface area contributed by atoms with E-state index >= 15 is 0 Å². The number of carbonyl (C=O) groups excluding carboxylic acids is 1. The standard InChI is InChI=1S/C13H10ClN9O4/c1-6-10(17-21-22(6)12-11(15)19-27-20-12)13(24)18-16-5-7-4-8(23(25)26)2-3-9(7)14/h2-5H,1H3,(H2,15,19)(H,18,24)/b16-5-. The lowest BCUT2D eigenvalue weighted by Gasteiger charge is -2.00. The summed E-state index contributed by atoms with van der Waals surface area (Å²) in [6, 6.07) is 3.83. The molecular formula is C13H10ClN9O4. The summed E-state index contributed by atoms with van der Waals surface area (Å²) in [5.74, 6) is -0.606. The Morgan fingerprint density at radius 2 is 2.26 bits per heavy atom. The van der Waals surface area contributed by atoms with Crippen LogP contribution in [0.15, 0.2) is 27.9 Å². The van der Waals surface area contributed by atoms with Crippen molar-refractivity contribution in [2.45, 2.75) is 6.92 Å². The maximum Gasteiger partial charge on any atom is 0.293 e. The molecule has 27 heavy (non-hydrogen) atoms. The normalized spacial score (nSPS) is 11.0. The van der Waals surface area contributed by atoms with Crippen LogP contribution in [0.25, 0.3) is 5.82 Å². The molecule has 14 heteroatoms. The van der Waals surface area contributed by atoms with Gasteiger partial charge in [0.15, 0.2) is 5.69 Å². The summed E-state index contributed by atoms with van der Waals surface area (Å²) in [5.41, 5.74) is 8.18. The summed E-state index contributed by atoms with van der Waals surface area (Å²) in [6.07, 6.45) is 1.17. The zero-order chi connectivity index (χ0) is 19.6. The molecule has 0 aliphatic carbocycles. The monoisotopic (exact) mass is 391 g/mol. The SMILES string of the molecule is Cc1c(C(=O)N/N=C\c2cc([N+](=O)[O-])ccc2Cl)nnn1-c1nonc1N. The highest BCUT2D eigenvalue weighted by Gasteiger charge is 2.20. The number of nitro benzene ring substituents is 1. The van der Waals surface area contributed by atoms with Gasteiger partial charge in [-0.05, 0) is 23.3 Å². The summed E-state index contributed by atoms with van der Waals surface area (Å²) < 4.78 is 5.66. The molecule has 3 rings (SSSR count). The highest BCUT2D eigenvalue weighted by molar-refractivity contribution is 6.33. The lowest BCUT2D eigenvalue weighted by atomic mass is 10.2. The fourth-order valence-electron chi connectivity index (χ4n) is 2.03. The van der Waals surface area contributed by atoms with Crippen LogP contribution < -0.4 is 11.2 Å². The Balaban J connectivity index is 1.76. The molecule has 138 valence electrons. The van der Waals surface area contributed by atoms with E-state index in [0.29, 0.717) is 5.69 Å². The van der Waals surface area contributed by atoms with Gasteiger partial charge in [0.05, 0.1) is 16.8 Å². The lowest BCUT2D eigenvalue weighted by molar-refractivity contribution is -0.384. The summed E-state index contributed by atoms with van der Waals surface area (Å²) in [4.78, 5) is 22.4. The maximum atomic E-state index is 12.2. The Kier molecular flexibility index (Phi) is 4.76. The number of benzene rings is 1. The van der Waals surface area contributed by atoms with Crippen LogP contribution in [-0.2, 0) is 0 Å². The predicted molar refractivity (Wildman–Crippen MR) is 91.5 cm³/mol. The number of nitrogen functional groups attached to an aromatic ring is 1. The first-order chi connectivity index (χ1) is 12.9. The van der Waals surface area contributed by atoms with E-state index in [1.165, 1.54) is 29.1 Å². The topological polar surface area (TPSA) is 180 Å². The average Bonchev–Trinajstić information content (AvgIpc) is 3.21. The number of nitrogens with one attached hydrogen (secondary N) is 1. The Hall–Kier alpha value is -3.87. The Labute approximate surface area is 154 Å². The minimum absolute atomic E-state index is 0.0201. The smallest absolute Gasteiger partial charge is 0.293 e. The van der Waals surface area contributed by atoms with E-state index in [4.69, 9.17) is 17.3 Å². The molecule has 0 aliphatic heterocycles. The van der Waals surface area contributed by atoms with Crippen molar-refractivity contribution < 1.29 is 14.3 Å². The second-order valence-corrected chi connectivity index (χ2v) is 5.48. The molecule has 0 saturated carbocycles. The van der Waals surface area contributed by atoms with Gasteiger partial charge in [-0.2, -0.15) is 9.78 Å². The van der Waals surface area contributed by atoms with E-state index in [9.17, 15) is 14.9 Å². The number of nitrogens with zero attached hydrogens (tertiary/aromatic N) is 7. The number of halogens is 1. The Morgan fingerprint density at radius 3 is 2.93 bits per heavy atom. The number of anilines is 1. The Bertz CT molecular complexity index is 1060. The second-order valence-electron chi connectivity index (χ2n) is 5.07. The molecule has 0 bridgehead atoms. The molecule has 2 heterocycles. The molecule has 3 N–H and O–H groups in total. The quantitative estimate of drug-likeness (QED) is 0.362. The van der Waals surface area contributed by atoms with Crippen molar-refractivity contribution in [2.75, 3.05) is 5.73 Å². The minimum Gasteiger partial charge on any atom is -0.378 e. The average molecular weight is 392 g/mol. The molecule has 2 aromatic heterocycles. The molecule has 0 fully saturated rings. The number of carbonyl (C=O) groups is 1. The van der Waals surface area contributed by atoms with Crippen LogP contribution in [0.4, 0.5) is 11.5 Å². The molecule has 3 aromatic rings. The van der Waals surface area contributed by atoms with E-state index in [1.54, 1.807) is 6.92 Å². The van der Waals surface area contributed by atoms with Crippen molar-refractivity contribution in [1.29, 1.82) is 0 Å². The number of rotatable bonds is 5. The van der Waals surface area contributed by atoms with Gasteiger partial charge in [-0.1, -0.05) is 16.8 Å². The molecule has 0 unspecified atom stereocenters. The van der Waals surface area contributed by atoms with Crippen molar-refractivity contribution in [3.05, 3.63) is 50.3 Å². The minimum atomic E-state index is -0.674. The van der Waals surface area contributed by atoms with Gasteiger partial charge in [-0.25, -0.2) is 10.1 Å². The largest absolute Gasteiger partial charge is 0.378 e. The number of non-ortho nitro benzene ring substituents is 1. The molecule has 13 nitrogen and oxygen atoms in total. The highest BCUT2D eigenvalue weighted by atomic mass is 35.5. The van der Waals surface area contributed by atoms with Gasteiger partial charge in [0.2, 0.25) is 11.6 Å². The lowest BCUT2D eigenvalue weighted by Crippen LogP contribution is -2.19. The van der Waals surface area contributed by atoms with Crippen LogP contribution in [0.5, 0.6) is 0 Å². The van der Waals surface area contributed by atoms with Gasteiger partial charge in [0.1, 0.15) is 0 Å². The number of nitrogens with two attached hydrogens (primary N) is 1. The van der Waals surface area contributed by atoms with Crippen LogP contribution in [0.3, 0.4) is 0 Å². The van der Waals surface area contributed by atoms with Crippen molar-refractivity contribution >= 4 is 35.2 Å². The summed E-state index contributed by atoms with van der Waals surface area (Å²) >= 11 is 5.95. The molecule has 0 spiro atoms. The predicted octanol–water partition coefficient (Wildman–Crippen LogP) is 0.866. The summed E-state index contributed by atoms with van der Waals surface area (Å²) in [7, 11) is 0. The number of hydrogen-bond donors (Lipinski definition) is 2. The number of hydrogen-bond acceptors (Lipinski definition) is 10. The summed E-state index contributed by atoms with van der Waals surface area (Å²) in [6.45, 7) is 1.56. The molecule has 0 atom stereocenters. The van der Waals surface area contributed by atoms with Crippen molar-refractivity contribution in [1.82, 2.24) is 30.7 Å². The number of hydrazone groups is 1. The number of amides is 1. The molecule has 0 radical (unpaired) electrons. The maximum absolute atomic E-state index is 12.2. The van der Waals surface area contributed by atoms with Crippen LogP contribution >= 0.6 is 11.6 Å². The third-order valence-electron chi connectivity index (χ3n) is 3.37. The fourth-order valence-corrected chi connectivity index (χ4v) is 2.20. The van der Waals surface area contributed by atoms with E-state index in [1.807, 2.05) is 0 Å². The van der Waals surface area contributed by atoms with Crippen LogP contribution in [0, 0.1) is 17.0 Å². The zero-order valence-electron chi connectivity index (χ0n) is 13.5. The van der Waals surface area contributed by atoms with Crippen LogP contribution in [-0.4, -0.2) is 42.4 Å². The van der Waals surface area contributed by atoms with E-state index in [2.05, 4.69) is 35.8 Å². The van der Waals surface area contributed by atoms with E-state index in [-0.39, 0.29) is 33.6 Å². The van der Waals surface area contributed by atoms with Gasteiger partial charge >= 0.3 is 0 Å². The number of aromatic nitrogens is 5. The van der Waals surface area contributed by atoms with Crippen LogP contribution in [0.1, 0.15) is 21.7 Å². The van der Waals surface area contributed by atoms with Crippen molar-refractivity contribution in [3.8, 4) is 5.82 Å². The third kappa shape index (κ3) is 3.57. The van der Waals surface area contributed by atoms with Gasteiger partial charge in [0.25, 0.3) is 11.6 Å². The number of nitro groups is 1. The molecule has 1 amide bonds. The zero-order valence-corrected chi connectivity index (χ0v) is 14.3.